The van der Waals surface area contributed by atoms with Gasteiger partial charge >= 0.3 is 103 Å². The first-order valence-corrected chi connectivity index (χ1v) is 10.4. The van der Waals surface area contributed by atoms with Crippen molar-refractivity contribution in [1.82, 2.24) is 10.2 Å². The second kappa shape index (κ2) is 4.30. The summed E-state index contributed by atoms with van der Waals surface area (Å²) in [6.07, 6.45) is 3.80. The van der Waals surface area contributed by atoms with Crippen LogP contribution in [0.4, 0.5) is 0 Å². The summed E-state index contributed by atoms with van der Waals surface area (Å²) in [6.45, 7) is 0. The summed E-state index contributed by atoms with van der Waals surface area (Å²) in [5.74, 6) is 0. The molecule has 0 aromatic carbocycles. The average Bonchev–Trinajstić information content (AvgIpc) is 2.48. The monoisotopic (exact) mass is 320 g/mol. The van der Waals surface area contributed by atoms with Gasteiger partial charge in [0.05, 0.1) is 0 Å². The van der Waals surface area contributed by atoms with Crippen LogP contribution in [-0.2, 0) is 22.1 Å². The molecule has 3 aliphatic rings. The van der Waals surface area contributed by atoms with Gasteiger partial charge in [-0.3, -0.25) is 0 Å². The quantitative estimate of drug-likeness (QED) is 0.486. The van der Waals surface area contributed by atoms with E-state index < -0.39 is 23.7 Å². The zero-order valence-electron chi connectivity index (χ0n) is 9.31. The molecule has 9 nitrogen and oxygen atoms in total. The zero-order chi connectivity index (χ0) is 13.0. The third kappa shape index (κ3) is 2.58. The van der Waals surface area contributed by atoms with Crippen molar-refractivity contribution < 1.29 is 31.8 Å². The summed E-state index contributed by atoms with van der Waals surface area (Å²) in [4.78, 5) is 18.6. The van der Waals surface area contributed by atoms with E-state index in [1.54, 1.807) is 0 Å². The van der Waals surface area contributed by atoms with Crippen LogP contribution < -0.4 is 10.2 Å². The van der Waals surface area contributed by atoms with E-state index in [2.05, 4.69) is 14.5 Å². The number of rotatable bonds is 0. The average molecular weight is 320 g/mol. The molecule has 3 fully saturated rings. The van der Waals surface area contributed by atoms with Gasteiger partial charge in [0, 0.05) is 0 Å². The normalized spacial score (nSPS) is 53.0. The molecule has 1 saturated carbocycles. The maximum atomic E-state index is 11.5. The van der Waals surface area contributed by atoms with Gasteiger partial charge < -0.3 is 0 Å². The van der Waals surface area contributed by atoms with Gasteiger partial charge in [-0.1, -0.05) is 0 Å². The van der Waals surface area contributed by atoms with E-state index in [4.69, 9.17) is 8.62 Å². The predicted molar refractivity (Wildman–Crippen MR) is 63.5 cm³/mol. The first-order valence-electron chi connectivity index (χ1n) is 5.63. The molecule has 2 heterocycles. The van der Waals surface area contributed by atoms with Crippen LogP contribution in [0.25, 0.3) is 0 Å². The Morgan fingerprint density at radius 3 is 1.89 bits per heavy atom. The number of hydrogen-bond donors (Lipinski definition) is 4. The fourth-order valence-corrected chi connectivity index (χ4v) is 10.2. The summed E-state index contributed by atoms with van der Waals surface area (Å²) >= 11 is 0. The fourth-order valence-electron chi connectivity index (χ4n) is 2.62. The standard InChI is InChI=1S/C6H15N2O7P3/c9-17(10)13-16(14-18(11,12)15-17)7-5-3-1-2-4-6(5)8-16/h5-8,16H,1-4H2,(H,9,10)(H,11,12)/t5-,6-/m0/s1. The van der Waals surface area contributed by atoms with Crippen LogP contribution in [0.3, 0.4) is 0 Å². The molecule has 1 aliphatic carbocycles. The van der Waals surface area contributed by atoms with Crippen molar-refractivity contribution in [3.8, 4) is 0 Å². The Labute approximate surface area is 104 Å². The molecule has 12 heteroatoms. The van der Waals surface area contributed by atoms with Crippen molar-refractivity contribution in [3.05, 3.63) is 0 Å². The number of fused-ring (bicyclic) bond motifs is 1. The maximum absolute atomic E-state index is 11.5. The van der Waals surface area contributed by atoms with Crippen LogP contribution in [-0.4, -0.2) is 21.9 Å². The van der Waals surface area contributed by atoms with Crippen LogP contribution >= 0.6 is 23.7 Å². The van der Waals surface area contributed by atoms with E-state index in [0.29, 0.717) is 0 Å². The van der Waals surface area contributed by atoms with Gasteiger partial charge in [0.15, 0.2) is 0 Å². The molecule has 0 amide bonds. The molecular formula is C6H15N2O7P3. The van der Waals surface area contributed by atoms with Gasteiger partial charge in [-0.2, -0.15) is 0 Å². The fraction of sp³-hybridized carbons (Fsp3) is 1.00. The van der Waals surface area contributed by atoms with Gasteiger partial charge in [-0.15, -0.1) is 0 Å². The van der Waals surface area contributed by atoms with Gasteiger partial charge in [0.25, 0.3) is 0 Å². The molecule has 0 radical (unpaired) electrons. The summed E-state index contributed by atoms with van der Waals surface area (Å²) in [5.41, 5.74) is 0. The molecule has 0 bridgehead atoms. The van der Waals surface area contributed by atoms with Crippen molar-refractivity contribution in [3.63, 3.8) is 0 Å². The third-order valence-corrected chi connectivity index (χ3v) is 10.3. The second-order valence-corrected chi connectivity index (χ2v) is 10.4. The molecule has 4 atom stereocenters. The van der Waals surface area contributed by atoms with Crippen LogP contribution in [0.1, 0.15) is 25.7 Å². The summed E-state index contributed by atoms with van der Waals surface area (Å²) < 4.78 is 36.8. The molecule has 106 valence electrons. The predicted octanol–water partition coefficient (Wildman–Crippen LogP) is 1.16. The van der Waals surface area contributed by atoms with Crippen molar-refractivity contribution in [2.75, 3.05) is 0 Å². The van der Waals surface area contributed by atoms with Crippen molar-refractivity contribution >= 4 is 23.7 Å². The summed E-state index contributed by atoms with van der Waals surface area (Å²) in [5, 5.41) is 5.92. The first-order chi connectivity index (χ1) is 8.29. The Balaban J connectivity index is 1.87. The van der Waals surface area contributed by atoms with E-state index in [0.717, 1.165) is 25.7 Å². The molecule has 18 heavy (non-hydrogen) atoms. The Kier molecular flexibility index (Phi) is 3.25. The second-order valence-electron chi connectivity index (χ2n) is 4.60. The molecule has 0 aromatic rings. The van der Waals surface area contributed by atoms with E-state index in [1.165, 1.54) is 0 Å². The third-order valence-electron chi connectivity index (χ3n) is 3.21. The summed E-state index contributed by atoms with van der Waals surface area (Å²) in [6, 6.07) is 0.0621. The number of nitrogens with one attached hydrogen (secondary N) is 2. The molecule has 1 spiro atoms. The van der Waals surface area contributed by atoms with Crippen molar-refractivity contribution in [2.24, 2.45) is 0 Å². The van der Waals surface area contributed by atoms with Gasteiger partial charge in [-0.25, -0.2) is 0 Å². The van der Waals surface area contributed by atoms with Crippen LogP contribution in [0, 0.1) is 0 Å². The van der Waals surface area contributed by atoms with E-state index >= 15 is 0 Å². The summed E-state index contributed by atoms with van der Waals surface area (Å²) in [7, 11) is -12.7. The molecular weight excluding hydrogens is 305 g/mol. The van der Waals surface area contributed by atoms with Crippen molar-refractivity contribution in [1.29, 1.82) is 0 Å². The molecule has 3 rings (SSSR count). The molecule has 2 aliphatic heterocycles. The number of hydrogen-bond acceptors (Lipinski definition) is 7. The minimum absolute atomic E-state index is 0.0310. The molecule has 2 unspecified atom stereocenters. The zero-order valence-corrected chi connectivity index (χ0v) is 12.1. The van der Waals surface area contributed by atoms with Gasteiger partial charge in [-0.05, 0) is 0 Å². The van der Waals surface area contributed by atoms with Crippen LogP contribution in [0.15, 0.2) is 0 Å². The molecule has 4 N–H and O–H groups in total. The minimum atomic E-state index is -4.58. The molecule has 0 aromatic heterocycles. The van der Waals surface area contributed by atoms with Crippen LogP contribution in [0.2, 0.25) is 0 Å². The van der Waals surface area contributed by atoms with E-state index in [-0.39, 0.29) is 12.1 Å². The van der Waals surface area contributed by atoms with E-state index in [9.17, 15) is 18.9 Å². The Bertz CT molecular complexity index is 418. The molecule has 2 saturated heterocycles. The SMILES string of the molecule is O=P1(O)OP(=O)(O)O[PH]2(N[C@H]3CCCC[C@@H]3N2)O1. The Hall–Kier alpha value is 0.610. The first kappa shape index (κ1) is 13.6. The Morgan fingerprint density at radius 1 is 1.00 bits per heavy atom. The van der Waals surface area contributed by atoms with Crippen molar-refractivity contribution in [2.45, 2.75) is 37.8 Å². The Morgan fingerprint density at radius 2 is 1.44 bits per heavy atom. The van der Waals surface area contributed by atoms with Crippen LogP contribution in [0.5, 0.6) is 0 Å². The number of phosphoric acid groups is 2. The van der Waals surface area contributed by atoms with Gasteiger partial charge in [0.2, 0.25) is 0 Å². The topological polar surface area (TPSA) is 126 Å². The van der Waals surface area contributed by atoms with Gasteiger partial charge in [0.1, 0.15) is 0 Å². The van der Waals surface area contributed by atoms with E-state index in [1.807, 2.05) is 0 Å².